The first-order valence-electron chi connectivity index (χ1n) is 39.8. The smallest absolute Gasteiger partial charge is 0.306 e. The van der Waals surface area contributed by atoms with E-state index in [4.69, 9.17) is 18.5 Å². The fourth-order valence-corrected chi connectivity index (χ4v) is 11.5. The van der Waals surface area contributed by atoms with Gasteiger partial charge in [-0.15, -0.1) is 0 Å². The average Bonchev–Trinajstić information content (AvgIpc) is 1.08. The minimum atomic E-state index is -4.66. The molecule has 0 N–H and O–H groups in total. The molecule has 0 heterocycles. The topological polar surface area (TPSA) is 111 Å². The van der Waals surface area contributed by atoms with Crippen LogP contribution in [0.25, 0.3) is 0 Å². The Morgan fingerprint density at radius 1 is 0.316 bits per heavy atom. The maximum Gasteiger partial charge on any atom is 0.306 e. The van der Waals surface area contributed by atoms with Gasteiger partial charge in [0.25, 0.3) is 7.82 Å². The Labute approximate surface area is 604 Å². The lowest BCUT2D eigenvalue weighted by atomic mass is 10.0. The molecule has 0 saturated heterocycles. The lowest BCUT2D eigenvalue weighted by molar-refractivity contribution is -0.870. The summed E-state index contributed by atoms with van der Waals surface area (Å²) in [7, 11) is 1.15. The van der Waals surface area contributed by atoms with Crippen molar-refractivity contribution < 1.29 is 42.1 Å². The molecule has 10 heteroatoms. The first kappa shape index (κ1) is 93.4. The first-order chi connectivity index (χ1) is 48.0. The quantitative estimate of drug-likeness (QED) is 0.0195. The number of phosphoric ester groups is 1. The van der Waals surface area contributed by atoms with Gasteiger partial charge >= 0.3 is 11.9 Å². The Bertz CT molecular complexity index is 2270. The molecule has 9 nitrogen and oxygen atoms in total. The Kier molecular flexibility index (Phi) is 72.9. The summed E-state index contributed by atoms with van der Waals surface area (Å²) in [6.07, 6.45) is 116. The highest BCUT2D eigenvalue weighted by molar-refractivity contribution is 7.45. The van der Waals surface area contributed by atoms with Crippen molar-refractivity contribution >= 4 is 19.8 Å². The van der Waals surface area contributed by atoms with Crippen LogP contribution in [0.15, 0.2) is 170 Å². The summed E-state index contributed by atoms with van der Waals surface area (Å²) in [5.41, 5.74) is 0. The van der Waals surface area contributed by atoms with E-state index in [1.54, 1.807) is 0 Å². The molecule has 0 fully saturated rings. The second kappa shape index (κ2) is 76.5. The highest BCUT2D eigenvalue weighted by atomic mass is 31.2. The van der Waals surface area contributed by atoms with E-state index in [2.05, 4.69) is 184 Å². The maximum atomic E-state index is 12.9. The minimum absolute atomic E-state index is 0.0395. The lowest BCUT2D eigenvalue weighted by Gasteiger charge is -2.28. The second-order valence-corrected chi connectivity index (χ2v) is 28.7. The lowest BCUT2D eigenvalue weighted by Crippen LogP contribution is -2.37. The fourth-order valence-electron chi connectivity index (χ4n) is 10.7. The molecule has 0 aliphatic heterocycles. The summed E-state index contributed by atoms with van der Waals surface area (Å²) in [4.78, 5) is 38.2. The number of ether oxygens (including phenoxy) is 2. The number of likely N-dealkylation sites (N-methyl/N-ethyl adjacent to an activating group) is 1. The molecule has 0 aromatic rings. The van der Waals surface area contributed by atoms with Gasteiger partial charge in [-0.05, 0) is 128 Å². The van der Waals surface area contributed by atoms with Gasteiger partial charge in [0.1, 0.15) is 19.8 Å². The van der Waals surface area contributed by atoms with Gasteiger partial charge in [-0.1, -0.05) is 351 Å². The summed E-state index contributed by atoms with van der Waals surface area (Å²) in [6.45, 7) is 4.01. The Morgan fingerprint density at radius 2 is 0.551 bits per heavy atom. The van der Waals surface area contributed by atoms with Gasteiger partial charge < -0.3 is 27.9 Å². The molecule has 0 aliphatic carbocycles. The molecule has 0 saturated carbocycles. The van der Waals surface area contributed by atoms with Gasteiger partial charge in [-0.3, -0.25) is 14.2 Å². The highest BCUT2D eigenvalue weighted by Gasteiger charge is 2.22. The van der Waals surface area contributed by atoms with Crippen LogP contribution in [0.4, 0.5) is 0 Å². The second-order valence-electron chi connectivity index (χ2n) is 27.3. The van der Waals surface area contributed by atoms with Gasteiger partial charge in [0.2, 0.25) is 0 Å². The van der Waals surface area contributed by atoms with Crippen molar-refractivity contribution in [1.82, 2.24) is 0 Å². The zero-order valence-corrected chi connectivity index (χ0v) is 64.6. The van der Waals surface area contributed by atoms with Crippen molar-refractivity contribution in [3.63, 3.8) is 0 Å². The third-order valence-electron chi connectivity index (χ3n) is 16.7. The SMILES string of the molecule is CC/C=C\C/C=C\C/C=C\C/C=C\C/C=C\C/C=C\C/C=C\C/C=C\C/C=C\CCCCCCCCCC(=O)OC(COC(=O)CCCCCCCCCCCCCCCCCCCCCCCCC/C=C\C/C=C\C/C=C\C/C=C\C/C=C\CC)COP(=O)([O-])OCC[N+](C)(C)C. The van der Waals surface area contributed by atoms with E-state index in [1.165, 1.54) is 148 Å². The number of rotatable bonds is 72. The number of unbranched alkanes of at least 4 members (excludes halogenated alkanes) is 30. The normalized spacial score (nSPS) is 14.0. The van der Waals surface area contributed by atoms with Crippen LogP contribution in [-0.2, 0) is 32.7 Å². The number of nitrogens with zero attached hydrogens (tertiary/aromatic N) is 1. The standard InChI is InChI=1S/C88H148NO8P/c1-6-8-10-12-14-16-18-20-22-24-26-28-30-32-34-36-38-40-42-43-44-45-47-48-50-52-54-56-58-60-62-64-66-68-70-72-74-76-78-80-87(90)94-84-86(85-96-98(92,93)95-83-82-89(3,4)5)97-88(91)81-79-77-75-73-71-69-67-65-63-61-59-57-55-53-51-49-46-41-39-37-35-33-31-29-27-25-23-21-19-17-15-13-11-9-7-2/h8-11,14-17,20-23,26-29,32-35,39,41,49,51,55,57,61,63,86H,6-7,12-13,18-19,24-25,30-31,36-38,40,42-48,50,52-54,56,58-60,62,64-85H2,1-5H3/b10-8-,11-9-,16-14-,17-15-,22-20-,23-21-,28-26-,29-27-,34-32-,35-33-,41-39-,51-49-,57-55-,63-61-. The number of allylic oxidation sites excluding steroid dienone is 28. The highest BCUT2D eigenvalue weighted by Crippen LogP contribution is 2.38. The monoisotopic (exact) mass is 1380 g/mol. The number of hydrogen-bond donors (Lipinski definition) is 0. The van der Waals surface area contributed by atoms with Crippen LogP contribution in [0, 0.1) is 0 Å². The molecule has 0 bridgehead atoms. The third kappa shape index (κ3) is 80.3. The number of phosphoric acid groups is 1. The van der Waals surface area contributed by atoms with Crippen LogP contribution >= 0.6 is 7.82 Å². The van der Waals surface area contributed by atoms with Crippen LogP contribution in [0.2, 0.25) is 0 Å². The molecule has 0 aromatic carbocycles. The molecular weight excluding hydrogens is 1230 g/mol. The molecule has 0 spiro atoms. The maximum absolute atomic E-state index is 12.9. The minimum Gasteiger partial charge on any atom is -0.756 e. The van der Waals surface area contributed by atoms with Gasteiger partial charge in [0.05, 0.1) is 27.7 Å². The number of quaternary nitrogens is 1. The van der Waals surface area contributed by atoms with Crippen molar-refractivity contribution in [3.8, 4) is 0 Å². The van der Waals surface area contributed by atoms with E-state index in [0.29, 0.717) is 17.4 Å². The number of hydrogen-bond acceptors (Lipinski definition) is 8. The van der Waals surface area contributed by atoms with E-state index in [9.17, 15) is 19.0 Å². The largest absolute Gasteiger partial charge is 0.756 e. The molecule has 0 aliphatic rings. The van der Waals surface area contributed by atoms with Gasteiger partial charge in [-0.25, -0.2) is 0 Å². The van der Waals surface area contributed by atoms with Crippen LogP contribution in [0.3, 0.4) is 0 Å². The predicted octanol–water partition coefficient (Wildman–Crippen LogP) is 26.2. The fraction of sp³-hybridized carbons (Fsp3) is 0.659. The molecule has 0 amide bonds. The van der Waals surface area contributed by atoms with Crippen molar-refractivity contribution in [1.29, 1.82) is 0 Å². The Balaban J connectivity index is 4.02. The van der Waals surface area contributed by atoms with Crippen LogP contribution in [0.1, 0.15) is 322 Å². The Hall–Kier alpha value is -4.63. The van der Waals surface area contributed by atoms with Crippen molar-refractivity contribution in [2.75, 3.05) is 47.5 Å². The average molecular weight is 1380 g/mol. The summed E-state index contributed by atoms with van der Waals surface area (Å²) in [5.74, 6) is -0.845. The number of esters is 2. The predicted molar refractivity (Wildman–Crippen MR) is 424 cm³/mol. The van der Waals surface area contributed by atoms with Crippen molar-refractivity contribution in [2.45, 2.75) is 328 Å². The van der Waals surface area contributed by atoms with Gasteiger partial charge in [0, 0.05) is 12.8 Å². The number of carbonyl (C=O) groups is 2. The summed E-state index contributed by atoms with van der Waals surface area (Å²) in [6, 6.07) is 0. The number of carbonyl (C=O) groups excluding carboxylic acids is 2. The zero-order valence-electron chi connectivity index (χ0n) is 63.7. The molecule has 0 aromatic heterocycles. The molecule has 0 rings (SSSR count). The summed E-state index contributed by atoms with van der Waals surface area (Å²) in [5, 5.41) is 0. The van der Waals surface area contributed by atoms with E-state index in [1.807, 2.05) is 21.1 Å². The van der Waals surface area contributed by atoms with E-state index in [0.717, 1.165) is 141 Å². The summed E-state index contributed by atoms with van der Waals surface area (Å²) >= 11 is 0. The van der Waals surface area contributed by atoms with Gasteiger partial charge in [-0.2, -0.15) is 0 Å². The van der Waals surface area contributed by atoms with E-state index < -0.39 is 26.5 Å². The Morgan fingerprint density at radius 3 is 0.816 bits per heavy atom. The molecule has 558 valence electrons. The molecule has 2 unspecified atom stereocenters. The van der Waals surface area contributed by atoms with Crippen LogP contribution in [0.5, 0.6) is 0 Å². The van der Waals surface area contributed by atoms with E-state index in [-0.39, 0.29) is 32.0 Å². The van der Waals surface area contributed by atoms with Crippen LogP contribution < -0.4 is 4.89 Å². The molecule has 2 atom stereocenters. The van der Waals surface area contributed by atoms with Crippen molar-refractivity contribution in [3.05, 3.63) is 170 Å². The summed E-state index contributed by atoms with van der Waals surface area (Å²) < 4.78 is 34.4. The molecule has 98 heavy (non-hydrogen) atoms. The third-order valence-corrected chi connectivity index (χ3v) is 17.7. The first-order valence-corrected chi connectivity index (χ1v) is 41.3. The van der Waals surface area contributed by atoms with Gasteiger partial charge in [0.15, 0.2) is 6.10 Å². The zero-order chi connectivity index (χ0) is 71.1. The van der Waals surface area contributed by atoms with E-state index >= 15 is 0 Å². The molecule has 0 radical (unpaired) electrons. The van der Waals surface area contributed by atoms with Crippen molar-refractivity contribution in [2.24, 2.45) is 0 Å². The van der Waals surface area contributed by atoms with Crippen LogP contribution in [-0.4, -0.2) is 70.0 Å². The molecular formula is C88H148NO8P.